The summed E-state index contributed by atoms with van der Waals surface area (Å²) in [5.74, 6) is 0. The fourth-order valence-electron chi connectivity index (χ4n) is 3.15. The number of aryl methyl sites for hydroxylation is 1. The molecular formula is C21H15ClN4S. The summed E-state index contributed by atoms with van der Waals surface area (Å²) in [7, 11) is 1.93. The van der Waals surface area contributed by atoms with Crippen molar-refractivity contribution in [3.63, 3.8) is 0 Å². The van der Waals surface area contributed by atoms with Crippen molar-refractivity contribution in [2.75, 3.05) is 0 Å². The van der Waals surface area contributed by atoms with E-state index in [-0.39, 0.29) is 0 Å². The molecule has 0 spiro atoms. The van der Waals surface area contributed by atoms with Crippen LogP contribution in [0.4, 0.5) is 0 Å². The number of nitrogens with zero attached hydrogens (tertiary/aromatic N) is 4. The van der Waals surface area contributed by atoms with Gasteiger partial charge in [-0.2, -0.15) is 5.10 Å². The van der Waals surface area contributed by atoms with Crippen molar-refractivity contribution in [3.8, 4) is 32.1 Å². The quantitative estimate of drug-likeness (QED) is 0.391. The summed E-state index contributed by atoms with van der Waals surface area (Å²) >= 11 is 7.75. The van der Waals surface area contributed by atoms with Gasteiger partial charge in [-0.25, -0.2) is 4.98 Å². The Morgan fingerprint density at radius 2 is 1.59 bits per heavy atom. The van der Waals surface area contributed by atoms with Crippen LogP contribution in [-0.2, 0) is 7.05 Å². The average Bonchev–Trinajstić information content (AvgIpc) is 3.40. The maximum Gasteiger partial charge on any atom is 0.137 e. The first-order valence-corrected chi connectivity index (χ1v) is 9.69. The van der Waals surface area contributed by atoms with Crippen LogP contribution in [0, 0.1) is 0 Å². The molecule has 0 aliphatic rings. The lowest BCUT2D eigenvalue weighted by Gasteiger charge is -2.03. The molecule has 27 heavy (non-hydrogen) atoms. The number of pyridine rings is 1. The van der Waals surface area contributed by atoms with Gasteiger partial charge in [-0.05, 0) is 42.0 Å². The Morgan fingerprint density at radius 3 is 2.37 bits per heavy atom. The van der Waals surface area contributed by atoms with Gasteiger partial charge in [-0.15, -0.1) is 11.3 Å². The first kappa shape index (κ1) is 16.3. The summed E-state index contributed by atoms with van der Waals surface area (Å²) in [6, 6.07) is 16.4. The molecule has 0 bridgehead atoms. The van der Waals surface area contributed by atoms with Crippen molar-refractivity contribution in [2.24, 2.45) is 7.05 Å². The molecule has 6 heteroatoms. The zero-order chi connectivity index (χ0) is 18.4. The summed E-state index contributed by atoms with van der Waals surface area (Å²) in [5.41, 5.74) is 5.39. The van der Waals surface area contributed by atoms with E-state index in [1.807, 2.05) is 60.7 Å². The second kappa shape index (κ2) is 6.37. The standard InChI is InChI=1S/C21H15ClN4S/c1-25-12-16(10-24-25)15-4-9-21-23-11-18(26(21)13-15)20-8-7-19(27-20)14-2-5-17(22)6-3-14/h2-13H,1H3. The van der Waals surface area contributed by atoms with Crippen molar-refractivity contribution in [1.29, 1.82) is 0 Å². The lowest BCUT2D eigenvalue weighted by molar-refractivity contribution is 0.768. The number of hydrogen-bond donors (Lipinski definition) is 0. The number of halogens is 1. The minimum atomic E-state index is 0.750. The smallest absolute Gasteiger partial charge is 0.137 e. The van der Waals surface area contributed by atoms with Gasteiger partial charge in [0, 0.05) is 40.5 Å². The first-order chi connectivity index (χ1) is 13.2. The van der Waals surface area contributed by atoms with E-state index in [0.717, 1.165) is 27.5 Å². The molecule has 1 aromatic carbocycles. The van der Waals surface area contributed by atoms with E-state index < -0.39 is 0 Å². The number of fused-ring (bicyclic) bond motifs is 1. The molecular weight excluding hydrogens is 376 g/mol. The summed E-state index contributed by atoms with van der Waals surface area (Å²) in [6.07, 6.45) is 7.94. The number of rotatable bonds is 3. The third kappa shape index (κ3) is 2.95. The van der Waals surface area contributed by atoms with Crippen molar-refractivity contribution >= 4 is 28.6 Å². The SMILES string of the molecule is Cn1cc(-c2ccc3ncc(-c4ccc(-c5ccc(Cl)cc5)s4)n3c2)cn1. The van der Waals surface area contributed by atoms with Crippen LogP contribution in [0.1, 0.15) is 0 Å². The van der Waals surface area contributed by atoms with E-state index in [1.54, 1.807) is 11.3 Å². The van der Waals surface area contributed by atoms with Gasteiger partial charge in [0.1, 0.15) is 5.65 Å². The molecule has 0 unspecified atom stereocenters. The van der Waals surface area contributed by atoms with Gasteiger partial charge < -0.3 is 0 Å². The van der Waals surface area contributed by atoms with Crippen LogP contribution < -0.4 is 0 Å². The van der Waals surface area contributed by atoms with Gasteiger partial charge in [0.2, 0.25) is 0 Å². The highest BCUT2D eigenvalue weighted by Crippen LogP contribution is 2.35. The Hall–Kier alpha value is -2.89. The molecule has 4 heterocycles. The Bertz CT molecular complexity index is 1250. The summed E-state index contributed by atoms with van der Waals surface area (Å²) < 4.78 is 3.95. The fraction of sp³-hybridized carbons (Fsp3) is 0.0476. The number of hydrogen-bond acceptors (Lipinski definition) is 3. The Morgan fingerprint density at radius 1 is 0.815 bits per heavy atom. The first-order valence-electron chi connectivity index (χ1n) is 8.50. The zero-order valence-electron chi connectivity index (χ0n) is 14.5. The van der Waals surface area contributed by atoms with Crippen molar-refractivity contribution in [2.45, 2.75) is 0 Å². The molecule has 0 saturated heterocycles. The summed E-state index contributed by atoms with van der Waals surface area (Å²) in [6.45, 7) is 0. The lowest BCUT2D eigenvalue weighted by atomic mass is 10.1. The molecule has 0 N–H and O–H groups in total. The maximum atomic E-state index is 6.00. The van der Waals surface area contributed by atoms with Crippen LogP contribution in [0.25, 0.3) is 37.8 Å². The maximum absolute atomic E-state index is 6.00. The molecule has 5 aromatic rings. The molecule has 0 aliphatic heterocycles. The van der Waals surface area contributed by atoms with Gasteiger partial charge in [-0.3, -0.25) is 9.08 Å². The van der Waals surface area contributed by atoms with E-state index in [4.69, 9.17) is 11.6 Å². The Balaban J connectivity index is 1.58. The lowest BCUT2D eigenvalue weighted by Crippen LogP contribution is -1.88. The number of benzene rings is 1. The van der Waals surface area contributed by atoms with Gasteiger partial charge in [0.25, 0.3) is 0 Å². The summed E-state index contributed by atoms with van der Waals surface area (Å²) in [4.78, 5) is 6.94. The molecule has 132 valence electrons. The molecule has 0 saturated carbocycles. The second-order valence-corrected chi connectivity index (χ2v) is 7.88. The molecule has 0 aliphatic carbocycles. The molecule has 4 aromatic heterocycles. The van der Waals surface area contributed by atoms with Crippen molar-refractivity contribution < 1.29 is 0 Å². The van der Waals surface area contributed by atoms with Crippen LogP contribution in [0.2, 0.25) is 5.02 Å². The number of thiophene rings is 1. The molecule has 0 radical (unpaired) electrons. The van der Waals surface area contributed by atoms with Gasteiger partial charge >= 0.3 is 0 Å². The Labute approximate surface area is 165 Å². The molecule has 0 atom stereocenters. The van der Waals surface area contributed by atoms with Crippen molar-refractivity contribution in [1.82, 2.24) is 19.2 Å². The van der Waals surface area contributed by atoms with Gasteiger partial charge in [0.15, 0.2) is 0 Å². The van der Waals surface area contributed by atoms with Crippen LogP contribution in [0.15, 0.2) is 73.3 Å². The van der Waals surface area contributed by atoms with E-state index in [0.29, 0.717) is 0 Å². The Kier molecular flexibility index (Phi) is 3.85. The third-order valence-electron chi connectivity index (χ3n) is 4.53. The fourth-order valence-corrected chi connectivity index (χ4v) is 4.29. The normalized spacial score (nSPS) is 11.3. The predicted molar refractivity (Wildman–Crippen MR) is 111 cm³/mol. The number of imidazole rings is 1. The van der Waals surface area contributed by atoms with Gasteiger partial charge in [-0.1, -0.05) is 23.7 Å². The van der Waals surface area contributed by atoms with E-state index in [9.17, 15) is 0 Å². The second-order valence-electron chi connectivity index (χ2n) is 6.36. The minimum Gasteiger partial charge on any atom is -0.298 e. The highest BCUT2D eigenvalue weighted by molar-refractivity contribution is 7.18. The minimum absolute atomic E-state index is 0.750. The topological polar surface area (TPSA) is 35.1 Å². The number of aromatic nitrogens is 4. The molecule has 0 fully saturated rings. The largest absolute Gasteiger partial charge is 0.298 e. The molecule has 0 amide bonds. The monoisotopic (exact) mass is 390 g/mol. The highest BCUT2D eigenvalue weighted by Gasteiger charge is 2.11. The molecule has 4 nitrogen and oxygen atoms in total. The van der Waals surface area contributed by atoms with E-state index in [1.165, 1.54) is 15.3 Å². The highest BCUT2D eigenvalue weighted by atomic mass is 35.5. The van der Waals surface area contributed by atoms with Gasteiger partial charge in [0.05, 0.1) is 23.0 Å². The predicted octanol–water partition coefficient (Wildman–Crippen LogP) is 5.78. The zero-order valence-corrected chi connectivity index (χ0v) is 16.1. The third-order valence-corrected chi connectivity index (χ3v) is 5.94. The van der Waals surface area contributed by atoms with E-state index in [2.05, 4.69) is 38.9 Å². The molecule has 5 rings (SSSR count). The van der Waals surface area contributed by atoms with Crippen LogP contribution in [0.3, 0.4) is 0 Å². The van der Waals surface area contributed by atoms with Crippen LogP contribution in [0.5, 0.6) is 0 Å². The van der Waals surface area contributed by atoms with Crippen LogP contribution >= 0.6 is 22.9 Å². The summed E-state index contributed by atoms with van der Waals surface area (Å²) in [5, 5.41) is 5.02. The van der Waals surface area contributed by atoms with Crippen molar-refractivity contribution in [3.05, 3.63) is 78.3 Å². The van der Waals surface area contributed by atoms with Crippen LogP contribution in [-0.4, -0.2) is 19.2 Å². The average molecular weight is 391 g/mol. The van der Waals surface area contributed by atoms with E-state index >= 15 is 0 Å².